The van der Waals surface area contributed by atoms with Gasteiger partial charge in [-0.05, 0) is 25.1 Å². The Bertz CT molecular complexity index is 529. The minimum atomic E-state index is -1.33. The lowest BCUT2D eigenvalue weighted by atomic mass is 10.1. The van der Waals surface area contributed by atoms with Gasteiger partial charge < -0.3 is 15.2 Å². The number of anilines is 1. The molecular formula is C12H12FNO5. The lowest BCUT2D eigenvalue weighted by Crippen LogP contribution is -2.27. The number of esters is 1. The maximum absolute atomic E-state index is 13.1. The van der Waals surface area contributed by atoms with E-state index >= 15 is 0 Å². The van der Waals surface area contributed by atoms with Crippen molar-refractivity contribution in [2.75, 3.05) is 12.4 Å². The fourth-order valence-electron chi connectivity index (χ4n) is 1.26. The summed E-state index contributed by atoms with van der Waals surface area (Å²) in [6.45, 7) is 1.18. The van der Waals surface area contributed by atoms with E-state index in [1.807, 2.05) is 0 Å². The summed E-state index contributed by atoms with van der Waals surface area (Å²) in [6.07, 6.45) is 0. The molecule has 0 aliphatic heterocycles. The van der Waals surface area contributed by atoms with Crippen molar-refractivity contribution in [1.82, 2.24) is 0 Å². The lowest BCUT2D eigenvalue weighted by Gasteiger charge is -2.11. The number of nitrogens with one attached hydrogen (secondary N) is 1. The number of carboxylic acid groups (broad SMARTS) is 1. The number of halogens is 1. The molecule has 19 heavy (non-hydrogen) atoms. The van der Waals surface area contributed by atoms with Gasteiger partial charge in [0.25, 0.3) is 0 Å². The van der Waals surface area contributed by atoms with E-state index in [0.717, 1.165) is 25.3 Å². The summed E-state index contributed by atoms with van der Waals surface area (Å²) in [4.78, 5) is 33.6. The van der Waals surface area contributed by atoms with Crippen molar-refractivity contribution in [3.05, 3.63) is 29.6 Å². The van der Waals surface area contributed by atoms with Gasteiger partial charge in [0, 0.05) is 0 Å². The van der Waals surface area contributed by atoms with E-state index in [2.05, 4.69) is 10.1 Å². The van der Waals surface area contributed by atoms with E-state index in [-0.39, 0.29) is 11.3 Å². The molecule has 0 saturated heterocycles. The molecule has 1 unspecified atom stereocenters. The quantitative estimate of drug-likeness (QED) is 0.634. The first kappa shape index (κ1) is 14.6. The predicted octanol–water partition coefficient (Wildman–Crippen LogP) is 1.27. The van der Waals surface area contributed by atoms with E-state index in [9.17, 15) is 18.8 Å². The molecule has 0 heterocycles. The zero-order chi connectivity index (χ0) is 14.6. The van der Waals surface area contributed by atoms with Gasteiger partial charge in [-0.3, -0.25) is 9.59 Å². The van der Waals surface area contributed by atoms with Crippen LogP contribution in [0.25, 0.3) is 0 Å². The highest BCUT2D eigenvalue weighted by molar-refractivity contribution is 6.07. The van der Waals surface area contributed by atoms with Gasteiger partial charge >= 0.3 is 11.9 Å². The van der Waals surface area contributed by atoms with Gasteiger partial charge in [-0.2, -0.15) is 0 Å². The first-order valence-electron chi connectivity index (χ1n) is 5.28. The van der Waals surface area contributed by atoms with Crippen LogP contribution in [0.15, 0.2) is 18.2 Å². The van der Waals surface area contributed by atoms with Crippen LogP contribution in [0.4, 0.5) is 10.1 Å². The number of methoxy groups -OCH3 is 1. The third-order valence-electron chi connectivity index (χ3n) is 2.41. The van der Waals surface area contributed by atoms with Gasteiger partial charge in [-0.1, -0.05) is 0 Å². The molecule has 0 spiro atoms. The molecule has 0 aliphatic rings. The summed E-state index contributed by atoms with van der Waals surface area (Å²) in [5.41, 5.74) is -0.195. The van der Waals surface area contributed by atoms with Gasteiger partial charge in [0.15, 0.2) is 0 Å². The zero-order valence-corrected chi connectivity index (χ0v) is 10.3. The largest absolute Gasteiger partial charge is 0.481 e. The fraction of sp³-hybridized carbons (Fsp3) is 0.250. The molecule has 0 bridgehead atoms. The molecule has 0 aliphatic carbocycles. The van der Waals surface area contributed by atoms with E-state index in [1.54, 1.807) is 0 Å². The van der Waals surface area contributed by atoms with Crippen molar-refractivity contribution in [3.63, 3.8) is 0 Å². The number of carbonyl (C=O) groups is 3. The van der Waals surface area contributed by atoms with Crippen LogP contribution in [0.1, 0.15) is 17.3 Å². The van der Waals surface area contributed by atoms with Crippen molar-refractivity contribution in [1.29, 1.82) is 0 Å². The maximum atomic E-state index is 13.1. The van der Waals surface area contributed by atoms with Gasteiger partial charge in [-0.15, -0.1) is 0 Å². The SMILES string of the molecule is COC(=O)c1ccc(F)cc1NC(=O)C(C)C(=O)O. The highest BCUT2D eigenvalue weighted by Crippen LogP contribution is 2.19. The van der Waals surface area contributed by atoms with Gasteiger partial charge in [0.1, 0.15) is 11.7 Å². The minimum Gasteiger partial charge on any atom is -0.481 e. The molecule has 1 atom stereocenters. The molecule has 1 rings (SSSR count). The first-order valence-corrected chi connectivity index (χ1v) is 5.28. The summed E-state index contributed by atoms with van der Waals surface area (Å²) < 4.78 is 17.6. The van der Waals surface area contributed by atoms with Crippen LogP contribution in [-0.4, -0.2) is 30.1 Å². The number of hydrogen-bond donors (Lipinski definition) is 2. The molecule has 1 aromatic carbocycles. The van der Waals surface area contributed by atoms with Crippen LogP contribution in [0.2, 0.25) is 0 Å². The summed E-state index contributed by atoms with van der Waals surface area (Å²) in [6, 6.07) is 3.09. The highest BCUT2D eigenvalue weighted by Gasteiger charge is 2.22. The van der Waals surface area contributed by atoms with Crippen LogP contribution in [0.5, 0.6) is 0 Å². The third kappa shape index (κ3) is 3.51. The first-order chi connectivity index (χ1) is 8.86. The summed E-state index contributed by atoms with van der Waals surface area (Å²) in [5.74, 6) is -4.95. The molecule has 0 aromatic heterocycles. The Morgan fingerprint density at radius 1 is 1.37 bits per heavy atom. The molecule has 0 radical (unpaired) electrons. The second kappa shape index (κ2) is 5.94. The Labute approximate surface area is 108 Å². The Balaban J connectivity index is 3.05. The fourth-order valence-corrected chi connectivity index (χ4v) is 1.26. The standard InChI is InChI=1S/C12H12FNO5/c1-6(11(16)17)10(15)14-9-5-7(13)3-4-8(9)12(18)19-2/h3-6H,1-2H3,(H,14,15)(H,16,17). The summed E-state index contributed by atoms with van der Waals surface area (Å²) >= 11 is 0. The normalized spacial score (nSPS) is 11.5. The zero-order valence-electron chi connectivity index (χ0n) is 10.3. The maximum Gasteiger partial charge on any atom is 0.339 e. The van der Waals surface area contributed by atoms with Crippen LogP contribution in [-0.2, 0) is 14.3 Å². The van der Waals surface area contributed by atoms with E-state index in [1.165, 1.54) is 6.92 Å². The van der Waals surface area contributed by atoms with E-state index in [0.29, 0.717) is 0 Å². The average molecular weight is 269 g/mol. The monoisotopic (exact) mass is 269 g/mol. The van der Waals surface area contributed by atoms with Gasteiger partial charge in [0.05, 0.1) is 18.4 Å². The topological polar surface area (TPSA) is 92.7 Å². The number of amides is 1. The molecule has 0 fully saturated rings. The Hall–Kier alpha value is -2.44. The number of aliphatic carboxylic acids is 1. The third-order valence-corrected chi connectivity index (χ3v) is 2.41. The molecule has 7 heteroatoms. The number of hydrogen-bond acceptors (Lipinski definition) is 4. The molecule has 1 amide bonds. The molecule has 102 valence electrons. The van der Waals surface area contributed by atoms with Crippen molar-refractivity contribution in [2.24, 2.45) is 5.92 Å². The van der Waals surface area contributed by atoms with Gasteiger partial charge in [-0.25, -0.2) is 9.18 Å². The van der Waals surface area contributed by atoms with Crippen molar-refractivity contribution < 1.29 is 28.6 Å². The van der Waals surface area contributed by atoms with Crippen molar-refractivity contribution >= 4 is 23.5 Å². The summed E-state index contributed by atoms with van der Waals surface area (Å²) in [5, 5.41) is 10.9. The second-order valence-electron chi connectivity index (χ2n) is 3.73. The number of ether oxygens (including phenoxy) is 1. The second-order valence-corrected chi connectivity index (χ2v) is 3.73. The smallest absolute Gasteiger partial charge is 0.339 e. The molecule has 1 aromatic rings. The number of carboxylic acids is 1. The predicted molar refractivity (Wildman–Crippen MR) is 63.2 cm³/mol. The van der Waals surface area contributed by atoms with E-state index < -0.39 is 29.6 Å². The van der Waals surface area contributed by atoms with Crippen LogP contribution in [0, 0.1) is 11.7 Å². The van der Waals surface area contributed by atoms with E-state index in [4.69, 9.17) is 5.11 Å². The van der Waals surface area contributed by atoms with Crippen molar-refractivity contribution in [2.45, 2.75) is 6.92 Å². The summed E-state index contributed by atoms with van der Waals surface area (Å²) in [7, 11) is 1.14. The highest BCUT2D eigenvalue weighted by atomic mass is 19.1. The molecular weight excluding hydrogens is 257 g/mol. The Morgan fingerprint density at radius 2 is 2.00 bits per heavy atom. The Kier molecular flexibility index (Phi) is 4.57. The lowest BCUT2D eigenvalue weighted by molar-refractivity contribution is -0.144. The van der Waals surface area contributed by atoms with Gasteiger partial charge in [0.2, 0.25) is 5.91 Å². The number of carbonyl (C=O) groups excluding carboxylic acids is 2. The number of benzene rings is 1. The van der Waals surface area contributed by atoms with Crippen molar-refractivity contribution in [3.8, 4) is 0 Å². The van der Waals surface area contributed by atoms with Crippen LogP contribution < -0.4 is 5.32 Å². The average Bonchev–Trinajstić information content (AvgIpc) is 2.36. The Morgan fingerprint density at radius 3 is 2.53 bits per heavy atom. The molecule has 6 nitrogen and oxygen atoms in total. The molecule has 0 saturated carbocycles. The van der Waals surface area contributed by atoms with Crippen LogP contribution in [0.3, 0.4) is 0 Å². The van der Waals surface area contributed by atoms with Crippen LogP contribution >= 0.6 is 0 Å². The molecule has 2 N–H and O–H groups in total. The number of rotatable bonds is 4. The minimum absolute atomic E-state index is 0.0603.